The standard InChI is InChI=1S/C15H19NO2/c1-11(17)13-9-5-6-10-14(13)16-15(18)12-7-3-2-4-8-12/h2-4,7-8,13-14H,5-6,9-10H2,1H3,(H,16,18). The summed E-state index contributed by atoms with van der Waals surface area (Å²) in [5, 5.41) is 3.01. The zero-order valence-electron chi connectivity index (χ0n) is 10.7. The van der Waals surface area contributed by atoms with Crippen molar-refractivity contribution < 1.29 is 9.59 Å². The summed E-state index contributed by atoms with van der Waals surface area (Å²) in [6.07, 6.45) is 3.98. The number of carbonyl (C=O) groups excluding carboxylic acids is 2. The second kappa shape index (κ2) is 5.80. The zero-order chi connectivity index (χ0) is 13.0. The van der Waals surface area contributed by atoms with E-state index >= 15 is 0 Å². The number of rotatable bonds is 3. The quantitative estimate of drug-likeness (QED) is 0.889. The van der Waals surface area contributed by atoms with Crippen LogP contribution in [0.1, 0.15) is 43.0 Å². The Bertz CT molecular complexity index is 427. The van der Waals surface area contributed by atoms with Gasteiger partial charge in [0.05, 0.1) is 0 Å². The maximum Gasteiger partial charge on any atom is 0.251 e. The average Bonchev–Trinajstić information content (AvgIpc) is 2.40. The molecule has 0 aliphatic heterocycles. The van der Waals surface area contributed by atoms with Crippen LogP contribution in [0.5, 0.6) is 0 Å². The number of carbonyl (C=O) groups is 2. The second-order valence-corrected chi connectivity index (χ2v) is 4.95. The molecule has 0 bridgehead atoms. The van der Waals surface area contributed by atoms with Crippen molar-refractivity contribution in [2.75, 3.05) is 0 Å². The number of amides is 1. The molecular weight excluding hydrogens is 226 g/mol. The predicted molar refractivity (Wildman–Crippen MR) is 70.3 cm³/mol. The molecule has 0 spiro atoms. The molecule has 3 heteroatoms. The summed E-state index contributed by atoms with van der Waals surface area (Å²) in [6.45, 7) is 1.62. The largest absolute Gasteiger partial charge is 0.349 e. The molecule has 96 valence electrons. The van der Waals surface area contributed by atoms with Gasteiger partial charge in [-0.1, -0.05) is 31.0 Å². The van der Waals surface area contributed by atoms with Gasteiger partial charge in [-0.2, -0.15) is 0 Å². The van der Waals surface area contributed by atoms with Crippen molar-refractivity contribution in [3.05, 3.63) is 35.9 Å². The van der Waals surface area contributed by atoms with Gasteiger partial charge in [-0.25, -0.2) is 0 Å². The van der Waals surface area contributed by atoms with Crippen LogP contribution in [0.2, 0.25) is 0 Å². The first-order chi connectivity index (χ1) is 8.68. The van der Waals surface area contributed by atoms with Crippen molar-refractivity contribution in [3.8, 4) is 0 Å². The summed E-state index contributed by atoms with van der Waals surface area (Å²) < 4.78 is 0. The molecule has 1 aliphatic rings. The van der Waals surface area contributed by atoms with Gasteiger partial charge < -0.3 is 5.32 Å². The molecule has 1 N–H and O–H groups in total. The first-order valence-electron chi connectivity index (χ1n) is 6.55. The van der Waals surface area contributed by atoms with E-state index in [1.807, 2.05) is 18.2 Å². The average molecular weight is 245 g/mol. The van der Waals surface area contributed by atoms with E-state index in [0.29, 0.717) is 5.56 Å². The molecule has 2 rings (SSSR count). The van der Waals surface area contributed by atoms with E-state index in [1.54, 1.807) is 19.1 Å². The van der Waals surface area contributed by atoms with Crippen LogP contribution in [0.15, 0.2) is 30.3 Å². The highest BCUT2D eigenvalue weighted by Gasteiger charge is 2.29. The normalized spacial score (nSPS) is 23.4. The van der Waals surface area contributed by atoms with E-state index in [1.165, 1.54) is 0 Å². The zero-order valence-corrected chi connectivity index (χ0v) is 10.7. The number of nitrogens with one attached hydrogen (secondary N) is 1. The molecule has 1 fully saturated rings. The Morgan fingerprint density at radius 1 is 1.11 bits per heavy atom. The molecule has 2 atom stereocenters. The number of ketones is 1. The minimum Gasteiger partial charge on any atom is -0.349 e. The van der Waals surface area contributed by atoms with Crippen LogP contribution in [-0.2, 0) is 4.79 Å². The molecule has 0 saturated heterocycles. The van der Waals surface area contributed by atoms with Crippen molar-refractivity contribution in [2.45, 2.75) is 38.6 Å². The van der Waals surface area contributed by atoms with Crippen LogP contribution >= 0.6 is 0 Å². The van der Waals surface area contributed by atoms with Gasteiger partial charge in [-0.05, 0) is 31.9 Å². The highest BCUT2D eigenvalue weighted by molar-refractivity contribution is 5.94. The highest BCUT2D eigenvalue weighted by atomic mass is 16.2. The van der Waals surface area contributed by atoms with E-state index in [9.17, 15) is 9.59 Å². The van der Waals surface area contributed by atoms with Crippen molar-refractivity contribution >= 4 is 11.7 Å². The third-order valence-electron chi connectivity index (χ3n) is 3.64. The van der Waals surface area contributed by atoms with E-state index in [0.717, 1.165) is 25.7 Å². The summed E-state index contributed by atoms with van der Waals surface area (Å²) in [6, 6.07) is 9.16. The lowest BCUT2D eigenvalue weighted by Crippen LogP contribution is -2.44. The Kier molecular flexibility index (Phi) is 4.13. The molecular formula is C15H19NO2. The maximum atomic E-state index is 12.1. The van der Waals surface area contributed by atoms with Gasteiger partial charge in [-0.15, -0.1) is 0 Å². The van der Waals surface area contributed by atoms with Crippen molar-refractivity contribution in [3.63, 3.8) is 0 Å². The molecule has 1 aliphatic carbocycles. The van der Waals surface area contributed by atoms with Crippen LogP contribution in [0.25, 0.3) is 0 Å². The Hall–Kier alpha value is -1.64. The lowest BCUT2D eigenvalue weighted by molar-refractivity contribution is -0.122. The number of hydrogen-bond donors (Lipinski definition) is 1. The Morgan fingerprint density at radius 2 is 1.78 bits per heavy atom. The van der Waals surface area contributed by atoms with Crippen molar-refractivity contribution in [2.24, 2.45) is 5.92 Å². The number of hydrogen-bond acceptors (Lipinski definition) is 2. The SMILES string of the molecule is CC(=O)C1CCCCC1NC(=O)c1ccccc1. The predicted octanol–water partition coefficient (Wildman–Crippen LogP) is 2.56. The lowest BCUT2D eigenvalue weighted by Gasteiger charge is -2.30. The molecule has 0 radical (unpaired) electrons. The third kappa shape index (κ3) is 2.97. The Balaban J connectivity index is 2.03. The summed E-state index contributed by atoms with van der Waals surface area (Å²) >= 11 is 0. The second-order valence-electron chi connectivity index (χ2n) is 4.95. The minimum absolute atomic E-state index is 0.00366. The van der Waals surface area contributed by atoms with Gasteiger partial charge in [0.25, 0.3) is 5.91 Å². The molecule has 0 aromatic heterocycles. The molecule has 18 heavy (non-hydrogen) atoms. The summed E-state index contributed by atoms with van der Waals surface area (Å²) in [5.41, 5.74) is 0.658. The molecule has 0 heterocycles. The van der Waals surface area contributed by atoms with E-state index < -0.39 is 0 Å². The Morgan fingerprint density at radius 3 is 2.44 bits per heavy atom. The van der Waals surface area contributed by atoms with Crippen LogP contribution in [0, 0.1) is 5.92 Å². The Labute approximate surface area is 108 Å². The topological polar surface area (TPSA) is 46.2 Å². The molecule has 1 amide bonds. The summed E-state index contributed by atoms with van der Waals surface area (Å²) in [4.78, 5) is 23.6. The van der Waals surface area contributed by atoms with Crippen molar-refractivity contribution in [1.29, 1.82) is 0 Å². The van der Waals surface area contributed by atoms with Gasteiger partial charge in [0.15, 0.2) is 0 Å². The molecule has 1 saturated carbocycles. The fourth-order valence-corrected chi connectivity index (χ4v) is 2.63. The first-order valence-corrected chi connectivity index (χ1v) is 6.55. The van der Waals surface area contributed by atoms with Gasteiger partial charge in [-0.3, -0.25) is 9.59 Å². The van der Waals surface area contributed by atoms with Gasteiger partial charge in [0, 0.05) is 17.5 Å². The maximum absolute atomic E-state index is 12.1. The molecule has 1 aromatic carbocycles. The fraction of sp³-hybridized carbons (Fsp3) is 0.467. The van der Waals surface area contributed by atoms with Crippen molar-refractivity contribution in [1.82, 2.24) is 5.32 Å². The smallest absolute Gasteiger partial charge is 0.251 e. The van der Waals surface area contributed by atoms with E-state index in [2.05, 4.69) is 5.32 Å². The monoisotopic (exact) mass is 245 g/mol. The minimum atomic E-state index is -0.0752. The third-order valence-corrected chi connectivity index (χ3v) is 3.64. The lowest BCUT2D eigenvalue weighted by atomic mass is 9.82. The highest BCUT2D eigenvalue weighted by Crippen LogP contribution is 2.25. The molecule has 2 unspecified atom stereocenters. The fourth-order valence-electron chi connectivity index (χ4n) is 2.63. The van der Waals surface area contributed by atoms with Gasteiger partial charge in [0.1, 0.15) is 5.78 Å². The van der Waals surface area contributed by atoms with E-state index in [-0.39, 0.29) is 23.7 Å². The number of Topliss-reactive ketones (excluding diaryl/α,β-unsaturated/α-hetero) is 1. The van der Waals surface area contributed by atoms with Crippen LogP contribution in [-0.4, -0.2) is 17.7 Å². The van der Waals surface area contributed by atoms with Crippen LogP contribution < -0.4 is 5.32 Å². The first kappa shape index (κ1) is 12.8. The van der Waals surface area contributed by atoms with Gasteiger partial charge in [0.2, 0.25) is 0 Å². The summed E-state index contributed by atoms with van der Waals surface area (Å²) in [5.74, 6) is 0.105. The molecule has 3 nitrogen and oxygen atoms in total. The molecule has 1 aromatic rings. The van der Waals surface area contributed by atoms with Crippen LogP contribution in [0.3, 0.4) is 0 Å². The number of benzene rings is 1. The summed E-state index contributed by atoms with van der Waals surface area (Å²) in [7, 11) is 0. The van der Waals surface area contributed by atoms with Gasteiger partial charge >= 0.3 is 0 Å². The van der Waals surface area contributed by atoms with Crippen LogP contribution in [0.4, 0.5) is 0 Å². The van der Waals surface area contributed by atoms with E-state index in [4.69, 9.17) is 0 Å².